The molecule has 1 atom stereocenters. The van der Waals surface area contributed by atoms with Gasteiger partial charge in [-0.25, -0.2) is 0 Å². The molecule has 3 heterocycles. The molecule has 1 amide bonds. The van der Waals surface area contributed by atoms with Crippen LogP contribution in [0.2, 0.25) is 0 Å². The van der Waals surface area contributed by atoms with Gasteiger partial charge in [0.25, 0.3) is 0 Å². The number of aromatic amines is 1. The number of ether oxygens (including phenoxy) is 1. The molecule has 1 aliphatic rings. The zero-order chi connectivity index (χ0) is 19.3. The minimum absolute atomic E-state index is 0.00150. The fourth-order valence-electron chi connectivity index (χ4n) is 3.96. The van der Waals surface area contributed by atoms with E-state index in [4.69, 9.17) is 4.74 Å². The number of methoxy groups -OCH3 is 1. The molecular formula is C22H24N4O2. The van der Waals surface area contributed by atoms with Crippen molar-refractivity contribution in [2.45, 2.75) is 31.7 Å². The summed E-state index contributed by atoms with van der Waals surface area (Å²) in [5, 5.41) is 7.43. The Kier molecular flexibility index (Phi) is 5.37. The second kappa shape index (κ2) is 8.25. The number of piperidine rings is 1. The van der Waals surface area contributed by atoms with E-state index in [1.165, 1.54) is 0 Å². The summed E-state index contributed by atoms with van der Waals surface area (Å²) in [4.78, 5) is 19.3. The van der Waals surface area contributed by atoms with Crippen LogP contribution in [0.25, 0.3) is 11.1 Å². The molecule has 3 aromatic rings. The maximum Gasteiger partial charge on any atom is 0.227 e. The number of hydrogen-bond acceptors (Lipinski definition) is 4. The first-order valence-corrected chi connectivity index (χ1v) is 9.63. The number of pyridine rings is 1. The van der Waals surface area contributed by atoms with Gasteiger partial charge in [0.05, 0.1) is 31.5 Å². The molecule has 28 heavy (non-hydrogen) atoms. The Morgan fingerprint density at radius 1 is 1.21 bits per heavy atom. The van der Waals surface area contributed by atoms with Crippen LogP contribution in [0.3, 0.4) is 0 Å². The monoisotopic (exact) mass is 376 g/mol. The summed E-state index contributed by atoms with van der Waals surface area (Å²) in [6.45, 7) is 0.757. The first kappa shape index (κ1) is 18.2. The van der Waals surface area contributed by atoms with Gasteiger partial charge in [-0.3, -0.25) is 14.9 Å². The fraction of sp³-hybridized carbons (Fsp3) is 0.318. The molecule has 6 heteroatoms. The van der Waals surface area contributed by atoms with E-state index in [9.17, 15) is 4.79 Å². The van der Waals surface area contributed by atoms with Crippen molar-refractivity contribution in [2.75, 3.05) is 13.7 Å². The van der Waals surface area contributed by atoms with Crippen molar-refractivity contribution in [3.63, 3.8) is 0 Å². The highest BCUT2D eigenvalue weighted by Gasteiger charge is 2.31. The first-order chi connectivity index (χ1) is 13.8. The molecule has 0 unspecified atom stereocenters. The average Bonchev–Trinajstić information content (AvgIpc) is 3.24. The quantitative estimate of drug-likeness (QED) is 0.736. The van der Waals surface area contributed by atoms with Gasteiger partial charge in [0.15, 0.2) is 0 Å². The predicted molar refractivity (Wildman–Crippen MR) is 107 cm³/mol. The number of likely N-dealkylation sites (tertiary alicyclic amines) is 1. The normalized spacial score (nSPS) is 16.8. The Balaban J connectivity index is 1.61. The third kappa shape index (κ3) is 3.63. The lowest BCUT2D eigenvalue weighted by Crippen LogP contribution is -2.39. The molecule has 0 saturated carbocycles. The van der Waals surface area contributed by atoms with Gasteiger partial charge < -0.3 is 9.64 Å². The highest BCUT2D eigenvalue weighted by Crippen LogP contribution is 2.36. The van der Waals surface area contributed by atoms with E-state index >= 15 is 0 Å². The van der Waals surface area contributed by atoms with Crippen LogP contribution in [-0.4, -0.2) is 39.6 Å². The molecule has 4 rings (SSSR count). The average molecular weight is 376 g/mol. The highest BCUT2D eigenvalue weighted by molar-refractivity contribution is 5.80. The summed E-state index contributed by atoms with van der Waals surface area (Å²) >= 11 is 0. The number of benzene rings is 1. The number of carbonyl (C=O) groups is 1. The van der Waals surface area contributed by atoms with Gasteiger partial charge in [0, 0.05) is 30.1 Å². The van der Waals surface area contributed by atoms with Gasteiger partial charge >= 0.3 is 0 Å². The number of hydrogen-bond donors (Lipinski definition) is 1. The number of H-pyrrole nitrogens is 1. The van der Waals surface area contributed by atoms with E-state index in [1.54, 1.807) is 19.5 Å². The van der Waals surface area contributed by atoms with Crippen molar-refractivity contribution in [3.8, 4) is 16.9 Å². The van der Waals surface area contributed by atoms with Crippen LogP contribution in [0.4, 0.5) is 0 Å². The highest BCUT2D eigenvalue weighted by atomic mass is 16.5. The van der Waals surface area contributed by atoms with Gasteiger partial charge in [-0.1, -0.05) is 18.2 Å². The largest absolute Gasteiger partial charge is 0.496 e. The lowest BCUT2D eigenvalue weighted by Gasteiger charge is -2.36. The summed E-state index contributed by atoms with van der Waals surface area (Å²) in [7, 11) is 1.64. The van der Waals surface area contributed by atoms with E-state index in [0.29, 0.717) is 6.42 Å². The first-order valence-electron chi connectivity index (χ1n) is 9.63. The number of carbonyl (C=O) groups excluding carboxylic acids is 1. The van der Waals surface area contributed by atoms with Gasteiger partial charge in [0.2, 0.25) is 5.91 Å². The Bertz CT molecular complexity index is 938. The van der Waals surface area contributed by atoms with Crippen LogP contribution in [0.1, 0.15) is 36.6 Å². The van der Waals surface area contributed by atoms with Gasteiger partial charge in [-0.05, 0) is 43.0 Å². The fourth-order valence-corrected chi connectivity index (χ4v) is 3.96. The number of nitrogens with zero attached hydrogens (tertiary/aromatic N) is 3. The van der Waals surface area contributed by atoms with Crippen LogP contribution < -0.4 is 4.74 Å². The Labute approximate surface area is 164 Å². The van der Waals surface area contributed by atoms with Crippen molar-refractivity contribution >= 4 is 5.91 Å². The lowest BCUT2D eigenvalue weighted by molar-refractivity contribution is -0.134. The molecule has 0 aliphatic carbocycles. The van der Waals surface area contributed by atoms with Crippen molar-refractivity contribution < 1.29 is 9.53 Å². The molecule has 0 radical (unpaired) electrons. The standard InChI is InChI=1S/C22H24N4O2/c1-28-20-8-3-2-6-17(20)14-21(27)26-13-5-4-7-19(26)22-18(15-24-25-22)16-9-11-23-12-10-16/h2-3,6,8-12,15,19H,4-5,7,13-14H2,1H3,(H,24,25)/t19-/m1/s1. The maximum atomic E-state index is 13.2. The third-order valence-electron chi connectivity index (χ3n) is 5.35. The molecule has 1 aliphatic heterocycles. The summed E-state index contributed by atoms with van der Waals surface area (Å²) in [6, 6.07) is 11.6. The van der Waals surface area contributed by atoms with Crippen LogP contribution >= 0.6 is 0 Å². The molecular weight excluding hydrogens is 352 g/mol. The molecule has 1 fully saturated rings. The van der Waals surface area contributed by atoms with E-state index < -0.39 is 0 Å². The maximum absolute atomic E-state index is 13.2. The SMILES string of the molecule is COc1ccccc1CC(=O)N1CCCC[C@@H]1c1[nH]ncc1-c1ccncc1. The minimum Gasteiger partial charge on any atom is -0.496 e. The molecule has 2 aromatic heterocycles. The smallest absolute Gasteiger partial charge is 0.227 e. The van der Waals surface area contributed by atoms with Crippen LogP contribution in [0, 0.1) is 0 Å². The van der Waals surface area contributed by atoms with Crippen molar-refractivity contribution in [1.82, 2.24) is 20.1 Å². The molecule has 1 N–H and O–H groups in total. The molecule has 6 nitrogen and oxygen atoms in total. The van der Waals surface area contributed by atoms with Gasteiger partial charge in [0.1, 0.15) is 5.75 Å². The lowest BCUT2D eigenvalue weighted by atomic mass is 9.94. The van der Waals surface area contributed by atoms with E-state index in [2.05, 4.69) is 15.2 Å². The Morgan fingerprint density at radius 3 is 2.86 bits per heavy atom. The predicted octanol–water partition coefficient (Wildman–Crippen LogP) is 3.78. The molecule has 0 spiro atoms. The van der Waals surface area contributed by atoms with Crippen molar-refractivity contribution in [3.05, 3.63) is 66.2 Å². The zero-order valence-corrected chi connectivity index (χ0v) is 16.0. The number of nitrogens with one attached hydrogen (secondary N) is 1. The van der Waals surface area contributed by atoms with Gasteiger partial charge in [-0.15, -0.1) is 0 Å². The van der Waals surface area contributed by atoms with Crippen LogP contribution in [-0.2, 0) is 11.2 Å². The minimum atomic E-state index is 0.00150. The Morgan fingerprint density at radius 2 is 2.04 bits per heavy atom. The molecule has 1 aromatic carbocycles. The van der Waals surface area contributed by atoms with Crippen LogP contribution in [0.5, 0.6) is 5.75 Å². The van der Waals surface area contributed by atoms with E-state index in [1.807, 2.05) is 47.5 Å². The Hall–Kier alpha value is -3.15. The topological polar surface area (TPSA) is 71.1 Å². The van der Waals surface area contributed by atoms with Crippen molar-refractivity contribution in [2.24, 2.45) is 0 Å². The van der Waals surface area contributed by atoms with Crippen LogP contribution in [0.15, 0.2) is 55.0 Å². The second-order valence-electron chi connectivity index (χ2n) is 7.02. The summed E-state index contributed by atoms with van der Waals surface area (Å²) in [5.74, 6) is 0.868. The molecule has 1 saturated heterocycles. The molecule has 144 valence electrons. The third-order valence-corrected chi connectivity index (χ3v) is 5.35. The zero-order valence-electron chi connectivity index (χ0n) is 16.0. The number of para-hydroxylation sites is 1. The number of aromatic nitrogens is 3. The second-order valence-corrected chi connectivity index (χ2v) is 7.02. The number of amides is 1. The van der Waals surface area contributed by atoms with Crippen molar-refractivity contribution in [1.29, 1.82) is 0 Å². The van der Waals surface area contributed by atoms with E-state index in [0.717, 1.165) is 53.9 Å². The summed E-state index contributed by atoms with van der Waals surface area (Å²) < 4.78 is 5.42. The van der Waals surface area contributed by atoms with Gasteiger partial charge in [-0.2, -0.15) is 5.10 Å². The van der Waals surface area contributed by atoms with E-state index in [-0.39, 0.29) is 11.9 Å². The summed E-state index contributed by atoms with van der Waals surface area (Å²) in [6.07, 6.45) is 8.76. The summed E-state index contributed by atoms with van der Waals surface area (Å²) in [5.41, 5.74) is 4.00. The molecule has 0 bridgehead atoms. The number of rotatable bonds is 5.